The van der Waals surface area contributed by atoms with Crippen molar-refractivity contribution < 1.29 is 13.9 Å². The van der Waals surface area contributed by atoms with Crippen molar-refractivity contribution in [3.8, 4) is 0 Å². The van der Waals surface area contributed by atoms with Crippen LogP contribution in [-0.2, 0) is 4.74 Å². The lowest BCUT2D eigenvalue weighted by molar-refractivity contribution is 0.0529. The predicted octanol–water partition coefficient (Wildman–Crippen LogP) is 3.28. The molecule has 2 rings (SSSR count). The number of esters is 1. The first-order valence-electron chi connectivity index (χ1n) is 5.65. The average Bonchev–Trinajstić information content (AvgIpc) is 2.74. The van der Waals surface area contributed by atoms with Gasteiger partial charge in [-0.05, 0) is 25.1 Å². The number of rotatable bonds is 2. The van der Waals surface area contributed by atoms with Crippen molar-refractivity contribution in [2.75, 3.05) is 6.61 Å². The number of halogens is 1. The summed E-state index contributed by atoms with van der Waals surface area (Å²) in [6.07, 6.45) is 2.95. The fraction of sp³-hybridized carbons (Fsp3) is 0.308. The average molecular weight is 237 g/mol. The lowest BCUT2D eigenvalue weighted by Crippen LogP contribution is -2.03. The molecule has 0 bridgehead atoms. The number of nitrogens with zero attached hydrogens (tertiary/aromatic N) is 1. The van der Waals surface area contributed by atoms with E-state index in [-0.39, 0.29) is 11.8 Å². The molecule has 0 spiro atoms. The molecule has 0 atom stereocenters. The molecule has 17 heavy (non-hydrogen) atoms. The molecular formula is C13H16FNO2. The first-order valence-corrected chi connectivity index (χ1v) is 5.65. The van der Waals surface area contributed by atoms with Gasteiger partial charge in [0.05, 0.1) is 17.7 Å². The second-order valence-electron chi connectivity index (χ2n) is 3.09. The lowest BCUT2D eigenvalue weighted by Gasteiger charge is -2.00. The molecular weight excluding hydrogens is 221 g/mol. The van der Waals surface area contributed by atoms with Gasteiger partial charge in [0.15, 0.2) is 0 Å². The third-order valence-corrected chi connectivity index (χ3v) is 2.11. The van der Waals surface area contributed by atoms with Crippen molar-refractivity contribution >= 4 is 11.5 Å². The number of fused-ring (bicyclic) bond motifs is 1. The summed E-state index contributed by atoms with van der Waals surface area (Å²) in [5.74, 6) is -0.722. The predicted molar refractivity (Wildman–Crippen MR) is 64.7 cm³/mol. The maximum atomic E-state index is 12.9. The quantitative estimate of drug-likeness (QED) is 0.750. The van der Waals surface area contributed by atoms with E-state index in [4.69, 9.17) is 4.74 Å². The highest BCUT2D eigenvalue weighted by molar-refractivity contribution is 5.97. The van der Waals surface area contributed by atoms with Crippen LogP contribution in [0.1, 0.15) is 31.1 Å². The van der Waals surface area contributed by atoms with Gasteiger partial charge in [-0.1, -0.05) is 13.8 Å². The molecule has 0 fully saturated rings. The van der Waals surface area contributed by atoms with Gasteiger partial charge in [0.1, 0.15) is 5.82 Å². The van der Waals surface area contributed by atoms with Gasteiger partial charge in [0.25, 0.3) is 0 Å². The van der Waals surface area contributed by atoms with E-state index in [1.54, 1.807) is 29.7 Å². The fourth-order valence-corrected chi connectivity index (χ4v) is 1.46. The van der Waals surface area contributed by atoms with Gasteiger partial charge >= 0.3 is 5.97 Å². The van der Waals surface area contributed by atoms with Crippen LogP contribution in [-0.4, -0.2) is 17.0 Å². The van der Waals surface area contributed by atoms with Crippen LogP contribution in [0.3, 0.4) is 0 Å². The van der Waals surface area contributed by atoms with Crippen molar-refractivity contribution in [2.45, 2.75) is 20.8 Å². The second-order valence-corrected chi connectivity index (χ2v) is 3.09. The highest BCUT2D eigenvalue weighted by atomic mass is 19.1. The van der Waals surface area contributed by atoms with Gasteiger partial charge in [-0.15, -0.1) is 0 Å². The molecule has 0 aromatic carbocycles. The normalized spacial score (nSPS) is 9.65. The van der Waals surface area contributed by atoms with Crippen LogP contribution in [0.5, 0.6) is 0 Å². The Labute approximate surface area is 99.8 Å². The molecule has 92 valence electrons. The van der Waals surface area contributed by atoms with E-state index in [1.165, 1.54) is 12.3 Å². The molecule has 0 amide bonds. The summed E-state index contributed by atoms with van der Waals surface area (Å²) in [4.78, 5) is 11.5. The maximum absolute atomic E-state index is 12.9. The van der Waals surface area contributed by atoms with Crippen LogP contribution in [0.4, 0.5) is 4.39 Å². The summed E-state index contributed by atoms with van der Waals surface area (Å²) >= 11 is 0. The molecule has 0 aliphatic rings. The summed E-state index contributed by atoms with van der Waals surface area (Å²) in [6, 6.07) is 4.49. The summed E-state index contributed by atoms with van der Waals surface area (Å²) < 4.78 is 19.3. The molecule has 2 heterocycles. The smallest absolute Gasteiger partial charge is 0.340 e. The SMILES string of the molecule is CC.CCOC(=O)c1ccn2cc(F)ccc12. The fourth-order valence-electron chi connectivity index (χ4n) is 1.46. The van der Waals surface area contributed by atoms with Crippen LogP contribution in [0.2, 0.25) is 0 Å². The van der Waals surface area contributed by atoms with E-state index in [9.17, 15) is 9.18 Å². The summed E-state index contributed by atoms with van der Waals surface area (Å²) in [7, 11) is 0. The van der Waals surface area contributed by atoms with E-state index >= 15 is 0 Å². The third-order valence-electron chi connectivity index (χ3n) is 2.11. The van der Waals surface area contributed by atoms with E-state index in [1.807, 2.05) is 13.8 Å². The molecule has 0 unspecified atom stereocenters. The van der Waals surface area contributed by atoms with Gasteiger partial charge in [-0.3, -0.25) is 0 Å². The highest BCUT2D eigenvalue weighted by Gasteiger charge is 2.11. The first-order chi connectivity index (χ1) is 8.22. The van der Waals surface area contributed by atoms with Crippen molar-refractivity contribution in [1.82, 2.24) is 4.40 Å². The van der Waals surface area contributed by atoms with E-state index in [2.05, 4.69) is 0 Å². The minimum absolute atomic E-state index is 0.331. The monoisotopic (exact) mass is 237 g/mol. The Morgan fingerprint density at radius 3 is 2.71 bits per heavy atom. The number of pyridine rings is 1. The molecule has 4 heteroatoms. The van der Waals surface area contributed by atoms with Crippen LogP contribution in [0, 0.1) is 5.82 Å². The number of carbonyl (C=O) groups is 1. The van der Waals surface area contributed by atoms with Crippen LogP contribution < -0.4 is 0 Å². The van der Waals surface area contributed by atoms with E-state index in [0.717, 1.165) is 0 Å². The van der Waals surface area contributed by atoms with Crippen LogP contribution in [0.25, 0.3) is 5.52 Å². The van der Waals surface area contributed by atoms with Crippen LogP contribution in [0.15, 0.2) is 30.6 Å². The molecule has 3 nitrogen and oxygen atoms in total. The van der Waals surface area contributed by atoms with Gasteiger partial charge in [-0.25, -0.2) is 9.18 Å². The van der Waals surface area contributed by atoms with Gasteiger partial charge < -0.3 is 9.14 Å². The zero-order chi connectivity index (χ0) is 12.8. The topological polar surface area (TPSA) is 30.7 Å². The minimum atomic E-state index is -0.383. The van der Waals surface area contributed by atoms with Crippen LogP contribution >= 0.6 is 0 Å². The van der Waals surface area contributed by atoms with Gasteiger partial charge in [0.2, 0.25) is 0 Å². The molecule has 2 aromatic heterocycles. The van der Waals surface area contributed by atoms with Crippen molar-refractivity contribution in [3.63, 3.8) is 0 Å². The molecule has 0 aliphatic heterocycles. The standard InChI is InChI=1S/C11H10FNO2.C2H6/c1-2-15-11(14)9-5-6-13-7-8(12)3-4-10(9)13;1-2/h3-7H,2H2,1H3;1-2H3. The Balaban J connectivity index is 0.000000686. The van der Waals surface area contributed by atoms with Crippen molar-refractivity contribution in [1.29, 1.82) is 0 Å². The molecule has 0 saturated carbocycles. The number of hydrogen-bond donors (Lipinski definition) is 0. The molecule has 0 aliphatic carbocycles. The molecule has 0 saturated heterocycles. The summed E-state index contributed by atoms with van der Waals surface area (Å²) in [6.45, 7) is 6.08. The Hall–Kier alpha value is -1.84. The molecule has 0 radical (unpaired) electrons. The minimum Gasteiger partial charge on any atom is -0.462 e. The largest absolute Gasteiger partial charge is 0.462 e. The summed E-state index contributed by atoms with van der Waals surface area (Å²) in [5, 5.41) is 0. The van der Waals surface area contributed by atoms with Gasteiger partial charge in [-0.2, -0.15) is 0 Å². The highest BCUT2D eigenvalue weighted by Crippen LogP contribution is 2.14. The number of carbonyl (C=O) groups excluding carboxylic acids is 1. The Kier molecular flexibility index (Phi) is 4.69. The van der Waals surface area contributed by atoms with Crippen molar-refractivity contribution in [2.24, 2.45) is 0 Å². The number of ether oxygens (including phenoxy) is 1. The Morgan fingerprint density at radius 1 is 1.35 bits per heavy atom. The van der Waals surface area contributed by atoms with Gasteiger partial charge in [0, 0.05) is 12.4 Å². The molecule has 0 N–H and O–H groups in total. The lowest BCUT2D eigenvalue weighted by atomic mass is 10.2. The first kappa shape index (κ1) is 13.2. The van der Waals surface area contributed by atoms with Crippen molar-refractivity contribution in [3.05, 3.63) is 42.0 Å². The second kappa shape index (κ2) is 6.03. The summed E-state index contributed by atoms with van der Waals surface area (Å²) in [5.41, 5.74) is 1.10. The Morgan fingerprint density at radius 2 is 2.06 bits per heavy atom. The third kappa shape index (κ3) is 2.84. The maximum Gasteiger partial charge on any atom is 0.340 e. The van der Waals surface area contributed by atoms with E-state index in [0.29, 0.717) is 17.7 Å². The number of aromatic nitrogens is 1. The zero-order valence-electron chi connectivity index (χ0n) is 10.2. The Bertz CT molecular complexity index is 505. The molecule has 2 aromatic rings. The zero-order valence-corrected chi connectivity index (χ0v) is 10.2. The van der Waals surface area contributed by atoms with E-state index < -0.39 is 0 Å². The number of hydrogen-bond acceptors (Lipinski definition) is 2.